The molecule has 0 aliphatic carbocycles. The Labute approximate surface area is 169 Å². The third-order valence-electron chi connectivity index (χ3n) is 5.60. The van der Waals surface area contributed by atoms with Crippen molar-refractivity contribution in [3.63, 3.8) is 0 Å². The number of hydrogen-bond donors (Lipinski definition) is 1. The molecule has 0 amide bonds. The van der Waals surface area contributed by atoms with E-state index < -0.39 is 5.97 Å². The molecule has 0 aromatic rings. The third-order valence-corrected chi connectivity index (χ3v) is 5.60. The van der Waals surface area contributed by atoms with Gasteiger partial charge in [-0.3, -0.25) is 9.69 Å². The Balaban J connectivity index is 4.92. The summed E-state index contributed by atoms with van der Waals surface area (Å²) in [6.07, 6.45) is 18.1. The lowest BCUT2D eigenvalue weighted by atomic mass is 9.98. The Kier molecular flexibility index (Phi) is 16.7. The predicted molar refractivity (Wildman–Crippen MR) is 118 cm³/mol. The van der Waals surface area contributed by atoms with Crippen LogP contribution < -0.4 is 0 Å². The van der Waals surface area contributed by atoms with E-state index in [1.54, 1.807) is 0 Å². The van der Waals surface area contributed by atoms with Crippen molar-refractivity contribution in [2.45, 2.75) is 124 Å². The number of hydrogen-bond acceptors (Lipinski definition) is 2. The molecule has 0 aliphatic heterocycles. The number of aliphatic carboxylic acids is 1. The van der Waals surface area contributed by atoms with Crippen LogP contribution in [0.15, 0.2) is 12.2 Å². The molecule has 160 valence electrons. The molecule has 0 aromatic heterocycles. The van der Waals surface area contributed by atoms with Gasteiger partial charge in [0.25, 0.3) is 0 Å². The number of nitrogens with zero attached hydrogens (tertiary/aromatic N) is 1. The molecule has 3 unspecified atom stereocenters. The second-order valence-corrected chi connectivity index (χ2v) is 8.31. The fourth-order valence-electron chi connectivity index (χ4n) is 3.79. The smallest absolute Gasteiger partial charge is 0.303 e. The van der Waals surface area contributed by atoms with Gasteiger partial charge in [0.15, 0.2) is 0 Å². The molecule has 0 bridgehead atoms. The number of allylic oxidation sites excluding steroid dienone is 1. The lowest BCUT2D eigenvalue weighted by Gasteiger charge is -2.37. The normalized spacial score (nSPS) is 15.3. The zero-order valence-electron chi connectivity index (χ0n) is 18.9. The van der Waals surface area contributed by atoms with Gasteiger partial charge in [0, 0.05) is 18.6 Å². The summed E-state index contributed by atoms with van der Waals surface area (Å²) in [5.41, 5.74) is 0. The monoisotopic (exact) mass is 381 g/mol. The van der Waals surface area contributed by atoms with Crippen LogP contribution in [0.25, 0.3) is 0 Å². The molecule has 0 radical (unpaired) electrons. The van der Waals surface area contributed by atoms with Crippen LogP contribution in [-0.2, 0) is 4.79 Å². The quantitative estimate of drug-likeness (QED) is 0.204. The molecule has 0 rings (SSSR count). The van der Waals surface area contributed by atoms with Crippen molar-refractivity contribution < 1.29 is 9.90 Å². The second kappa shape index (κ2) is 17.3. The summed E-state index contributed by atoms with van der Waals surface area (Å²) < 4.78 is 0. The molecule has 0 spiro atoms. The highest BCUT2D eigenvalue weighted by atomic mass is 16.4. The van der Waals surface area contributed by atoms with Gasteiger partial charge >= 0.3 is 5.97 Å². The van der Waals surface area contributed by atoms with Gasteiger partial charge in [0.05, 0.1) is 6.42 Å². The van der Waals surface area contributed by atoms with Crippen molar-refractivity contribution in [3.05, 3.63) is 12.2 Å². The molecule has 0 aliphatic rings. The first-order valence-electron chi connectivity index (χ1n) is 11.6. The average Bonchev–Trinajstić information content (AvgIpc) is 2.64. The van der Waals surface area contributed by atoms with E-state index in [0.29, 0.717) is 12.1 Å². The van der Waals surface area contributed by atoms with E-state index in [-0.39, 0.29) is 12.3 Å². The van der Waals surface area contributed by atoms with E-state index in [4.69, 9.17) is 0 Å². The van der Waals surface area contributed by atoms with Crippen LogP contribution in [0.2, 0.25) is 0 Å². The SMILES string of the molecule is CCCCCC/C=C/C(CC(=O)O)CN(C(C)CCCC)C(C)CCCC. The molecular formula is C24H47NO2. The summed E-state index contributed by atoms with van der Waals surface area (Å²) in [7, 11) is 0. The maximum atomic E-state index is 11.4. The topological polar surface area (TPSA) is 40.5 Å². The molecular weight excluding hydrogens is 334 g/mol. The minimum absolute atomic E-state index is 0.113. The van der Waals surface area contributed by atoms with E-state index >= 15 is 0 Å². The fourth-order valence-corrected chi connectivity index (χ4v) is 3.79. The van der Waals surface area contributed by atoms with Crippen molar-refractivity contribution >= 4 is 5.97 Å². The Hall–Kier alpha value is -0.830. The Bertz CT molecular complexity index is 367. The largest absolute Gasteiger partial charge is 0.481 e. The molecule has 3 heteroatoms. The first kappa shape index (κ1) is 26.2. The maximum absolute atomic E-state index is 11.4. The Morgan fingerprint density at radius 1 is 0.889 bits per heavy atom. The van der Waals surface area contributed by atoms with Crippen molar-refractivity contribution in [3.8, 4) is 0 Å². The van der Waals surface area contributed by atoms with Crippen LogP contribution in [0.3, 0.4) is 0 Å². The van der Waals surface area contributed by atoms with Crippen LogP contribution in [0.1, 0.15) is 112 Å². The predicted octanol–water partition coefficient (Wildman–Crippen LogP) is 7.06. The number of carboxylic acids is 1. The minimum atomic E-state index is -0.682. The summed E-state index contributed by atoms with van der Waals surface area (Å²) in [6, 6.07) is 1.04. The van der Waals surface area contributed by atoms with Crippen LogP contribution in [0.5, 0.6) is 0 Å². The highest BCUT2D eigenvalue weighted by molar-refractivity contribution is 5.67. The maximum Gasteiger partial charge on any atom is 0.303 e. The van der Waals surface area contributed by atoms with Gasteiger partial charge in [0.1, 0.15) is 0 Å². The van der Waals surface area contributed by atoms with Gasteiger partial charge in [-0.1, -0.05) is 77.9 Å². The van der Waals surface area contributed by atoms with Gasteiger partial charge in [-0.25, -0.2) is 0 Å². The molecule has 27 heavy (non-hydrogen) atoms. The van der Waals surface area contributed by atoms with Gasteiger partial charge in [-0.05, 0) is 45.4 Å². The molecule has 0 saturated heterocycles. The van der Waals surface area contributed by atoms with Gasteiger partial charge < -0.3 is 5.11 Å². The zero-order valence-corrected chi connectivity index (χ0v) is 18.9. The van der Waals surface area contributed by atoms with Gasteiger partial charge in [0.2, 0.25) is 0 Å². The number of carbonyl (C=O) groups is 1. The molecule has 3 atom stereocenters. The fraction of sp³-hybridized carbons (Fsp3) is 0.875. The Morgan fingerprint density at radius 3 is 1.93 bits per heavy atom. The summed E-state index contributed by atoms with van der Waals surface area (Å²) in [6.45, 7) is 12.2. The van der Waals surface area contributed by atoms with E-state index in [2.05, 4.69) is 51.7 Å². The summed E-state index contributed by atoms with van der Waals surface area (Å²) in [4.78, 5) is 14.0. The summed E-state index contributed by atoms with van der Waals surface area (Å²) in [5.74, 6) is -0.570. The molecule has 0 fully saturated rings. The standard InChI is InChI=1S/C24H47NO2/c1-6-9-12-13-14-15-18-23(19-24(26)27)20-25(21(4)16-10-7-2)22(5)17-11-8-3/h15,18,21-23H,6-14,16-17,19-20H2,1-5H3,(H,26,27)/b18-15+. The summed E-state index contributed by atoms with van der Waals surface area (Å²) in [5, 5.41) is 9.38. The second-order valence-electron chi connectivity index (χ2n) is 8.31. The highest BCUT2D eigenvalue weighted by Gasteiger charge is 2.23. The molecule has 0 saturated carbocycles. The first-order chi connectivity index (χ1) is 13.0. The molecule has 1 N–H and O–H groups in total. The van der Waals surface area contributed by atoms with E-state index in [1.165, 1.54) is 64.2 Å². The highest BCUT2D eigenvalue weighted by Crippen LogP contribution is 2.20. The molecule has 3 nitrogen and oxygen atoms in total. The van der Waals surface area contributed by atoms with Crippen LogP contribution >= 0.6 is 0 Å². The molecule has 0 heterocycles. The van der Waals surface area contributed by atoms with Crippen LogP contribution in [-0.4, -0.2) is 34.6 Å². The average molecular weight is 382 g/mol. The van der Waals surface area contributed by atoms with Crippen LogP contribution in [0, 0.1) is 5.92 Å². The van der Waals surface area contributed by atoms with Crippen molar-refractivity contribution in [1.29, 1.82) is 0 Å². The van der Waals surface area contributed by atoms with Crippen molar-refractivity contribution in [2.75, 3.05) is 6.54 Å². The number of rotatable bonds is 18. The van der Waals surface area contributed by atoms with Gasteiger partial charge in [-0.15, -0.1) is 0 Å². The number of carboxylic acid groups (broad SMARTS) is 1. The minimum Gasteiger partial charge on any atom is -0.481 e. The van der Waals surface area contributed by atoms with E-state index in [0.717, 1.165) is 13.0 Å². The van der Waals surface area contributed by atoms with Crippen molar-refractivity contribution in [2.24, 2.45) is 5.92 Å². The third kappa shape index (κ3) is 13.9. The van der Waals surface area contributed by atoms with E-state index in [9.17, 15) is 9.90 Å². The lowest BCUT2D eigenvalue weighted by molar-refractivity contribution is -0.138. The number of unbranched alkanes of at least 4 members (excludes halogenated alkanes) is 6. The first-order valence-corrected chi connectivity index (χ1v) is 11.6. The Morgan fingerprint density at radius 2 is 1.44 bits per heavy atom. The summed E-state index contributed by atoms with van der Waals surface area (Å²) >= 11 is 0. The van der Waals surface area contributed by atoms with Crippen LogP contribution in [0.4, 0.5) is 0 Å². The lowest BCUT2D eigenvalue weighted by Crippen LogP contribution is -2.43. The van der Waals surface area contributed by atoms with Gasteiger partial charge in [-0.2, -0.15) is 0 Å². The zero-order chi connectivity index (χ0) is 20.5. The molecule has 0 aromatic carbocycles. The van der Waals surface area contributed by atoms with E-state index in [1.807, 2.05) is 0 Å². The van der Waals surface area contributed by atoms with Crippen molar-refractivity contribution in [1.82, 2.24) is 4.90 Å².